The number of nitrogen functional groups attached to an aromatic ring is 1. The molecule has 0 saturated heterocycles. The zero-order valence-corrected chi connectivity index (χ0v) is 7.88. The molecule has 4 heteroatoms. The number of nitrogens with two attached hydrogens (primary N) is 1. The van der Waals surface area contributed by atoms with Gasteiger partial charge < -0.3 is 5.73 Å². The summed E-state index contributed by atoms with van der Waals surface area (Å²) in [4.78, 5) is 11.6. The lowest BCUT2D eigenvalue weighted by Crippen LogP contribution is -1.93. The highest BCUT2D eigenvalue weighted by atomic mass is 15.0. The molecule has 0 fully saturated rings. The van der Waals surface area contributed by atoms with Crippen molar-refractivity contribution in [3.63, 3.8) is 0 Å². The van der Waals surface area contributed by atoms with E-state index in [1.165, 1.54) is 0 Å². The van der Waals surface area contributed by atoms with Gasteiger partial charge in [0.05, 0.1) is 5.56 Å². The van der Waals surface area contributed by atoms with Gasteiger partial charge in [0, 0.05) is 30.4 Å². The average Bonchev–Trinajstić information content (AvgIpc) is 2.30. The number of hydrogen-bond acceptors (Lipinski definition) is 4. The summed E-state index contributed by atoms with van der Waals surface area (Å²) in [5.41, 5.74) is 6.94. The average molecular weight is 196 g/mol. The highest BCUT2D eigenvalue weighted by Gasteiger charge is 1.89. The van der Waals surface area contributed by atoms with Gasteiger partial charge in [0.25, 0.3) is 0 Å². The van der Waals surface area contributed by atoms with Gasteiger partial charge in [-0.2, -0.15) is 0 Å². The topological polar surface area (TPSA) is 64.7 Å². The van der Waals surface area contributed by atoms with E-state index in [1.54, 1.807) is 24.8 Å². The second kappa shape index (κ2) is 4.20. The van der Waals surface area contributed by atoms with E-state index in [1.807, 2.05) is 12.1 Å². The van der Waals surface area contributed by atoms with Crippen LogP contribution in [0.15, 0.2) is 36.9 Å². The van der Waals surface area contributed by atoms with Gasteiger partial charge in [-0.05, 0) is 12.1 Å². The van der Waals surface area contributed by atoms with Crippen molar-refractivity contribution in [2.24, 2.45) is 0 Å². The van der Waals surface area contributed by atoms with E-state index in [-0.39, 0.29) is 5.95 Å². The Morgan fingerprint density at radius 3 is 2.40 bits per heavy atom. The van der Waals surface area contributed by atoms with Crippen molar-refractivity contribution < 1.29 is 0 Å². The molecule has 2 heterocycles. The molecular formula is C11H8N4. The second-order valence-electron chi connectivity index (χ2n) is 2.82. The van der Waals surface area contributed by atoms with Crippen molar-refractivity contribution in [3.8, 4) is 11.8 Å². The molecule has 0 aliphatic carbocycles. The van der Waals surface area contributed by atoms with Crippen LogP contribution in [0, 0.1) is 11.8 Å². The minimum atomic E-state index is 0.252. The number of anilines is 1. The van der Waals surface area contributed by atoms with Gasteiger partial charge in [0.2, 0.25) is 5.95 Å². The van der Waals surface area contributed by atoms with Crippen molar-refractivity contribution >= 4 is 5.95 Å². The first-order valence-corrected chi connectivity index (χ1v) is 4.34. The Morgan fingerprint density at radius 1 is 1.00 bits per heavy atom. The number of pyridine rings is 1. The third kappa shape index (κ3) is 2.51. The Kier molecular flexibility index (Phi) is 2.56. The number of hydrogen-bond donors (Lipinski definition) is 1. The molecule has 0 aliphatic rings. The smallest absolute Gasteiger partial charge is 0.219 e. The van der Waals surface area contributed by atoms with Gasteiger partial charge in [0.15, 0.2) is 0 Å². The molecule has 0 atom stereocenters. The molecule has 0 spiro atoms. The zero-order valence-electron chi connectivity index (χ0n) is 7.88. The first-order chi connectivity index (χ1) is 7.34. The van der Waals surface area contributed by atoms with Gasteiger partial charge in [-0.3, -0.25) is 4.98 Å². The van der Waals surface area contributed by atoms with Crippen molar-refractivity contribution in [2.75, 3.05) is 5.73 Å². The molecule has 0 unspecified atom stereocenters. The molecule has 0 saturated carbocycles. The molecule has 0 aliphatic heterocycles. The summed E-state index contributed by atoms with van der Waals surface area (Å²) in [7, 11) is 0. The van der Waals surface area contributed by atoms with E-state index in [4.69, 9.17) is 5.73 Å². The van der Waals surface area contributed by atoms with Gasteiger partial charge in [-0.1, -0.05) is 11.8 Å². The lowest BCUT2D eigenvalue weighted by Gasteiger charge is -1.90. The SMILES string of the molecule is Nc1ncc(C#Cc2cccnc2)cn1. The Balaban J connectivity index is 2.22. The summed E-state index contributed by atoms with van der Waals surface area (Å²) in [5.74, 6) is 6.12. The van der Waals surface area contributed by atoms with Crippen molar-refractivity contribution in [2.45, 2.75) is 0 Å². The third-order valence-electron chi connectivity index (χ3n) is 1.68. The number of nitrogens with zero attached hydrogens (tertiary/aromatic N) is 3. The van der Waals surface area contributed by atoms with Crippen LogP contribution in [-0.2, 0) is 0 Å². The highest BCUT2D eigenvalue weighted by Crippen LogP contribution is 1.96. The van der Waals surface area contributed by atoms with Gasteiger partial charge in [0.1, 0.15) is 0 Å². The summed E-state index contributed by atoms with van der Waals surface area (Å²) in [6, 6.07) is 3.72. The molecule has 2 aromatic rings. The van der Waals surface area contributed by atoms with E-state index in [0.29, 0.717) is 0 Å². The van der Waals surface area contributed by atoms with E-state index >= 15 is 0 Å². The molecule has 2 rings (SSSR count). The Hall–Kier alpha value is -2.41. The summed E-state index contributed by atoms with van der Waals surface area (Å²) >= 11 is 0. The second-order valence-corrected chi connectivity index (χ2v) is 2.82. The van der Waals surface area contributed by atoms with E-state index in [9.17, 15) is 0 Å². The van der Waals surface area contributed by atoms with Crippen LogP contribution in [0.25, 0.3) is 0 Å². The largest absolute Gasteiger partial charge is 0.368 e. The van der Waals surface area contributed by atoms with Crippen LogP contribution >= 0.6 is 0 Å². The fraction of sp³-hybridized carbons (Fsp3) is 0. The van der Waals surface area contributed by atoms with E-state index in [0.717, 1.165) is 11.1 Å². The van der Waals surface area contributed by atoms with Gasteiger partial charge >= 0.3 is 0 Å². The van der Waals surface area contributed by atoms with Crippen LogP contribution in [0.1, 0.15) is 11.1 Å². The molecule has 72 valence electrons. The van der Waals surface area contributed by atoms with E-state index < -0.39 is 0 Å². The molecule has 15 heavy (non-hydrogen) atoms. The molecule has 0 radical (unpaired) electrons. The van der Waals surface area contributed by atoms with Crippen molar-refractivity contribution in [1.82, 2.24) is 15.0 Å². The van der Waals surface area contributed by atoms with E-state index in [2.05, 4.69) is 26.8 Å². The third-order valence-corrected chi connectivity index (χ3v) is 1.68. The molecule has 0 aromatic carbocycles. The van der Waals surface area contributed by atoms with Crippen LogP contribution < -0.4 is 5.73 Å². The fourth-order valence-corrected chi connectivity index (χ4v) is 0.984. The quantitative estimate of drug-likeness (QED) is 0.634. The molecule has 4 nitrogen and oxygen atoms in total. The standard InChI is InChI=1S/C11H8N4/c12-11-14-7-10(8-15-11)4-3-9-2-1-5-13-6-9/h1-2,5-8H,(H2,12,14,15). The normalized spacial score (nSPS) is 9.07. The monoisotopic (exact) mass is 196 g/mol. The summed E-state index contributed by atoms with van der Waals surface area (Å²) in [6.45, 7) is 0. The maximum absolute atomic E-state index is 5.35. The van der Waals surface area contributed by atoms with Crippen LogP contribution in [-0.4, -0.2) is 15.0 Å². The Bertz CT molecular complexity index is 494. The fourth-order valence-electron chi connectivity index (χ4n) is 0.984. The molecule has 2 aromatic heterocycles. The van der Waals surface area contributed by atoms with Crippen molar-refractivity contribution in [1.29, 1.82) is 0 Å². The predicted molar refractivity (Wildman–Crippen MR) is 56.7 cm³/mol. The summed E-state index contributed by atoms with van der Waals surface area (Å²) in [6.07, 6.45) is 6.58. The molecular weight excluding hydrogens is 188 g/mol. The Morgan fingerprint density at radius 2 is 1.73 bits per heavy atom. The van der Waals surface area contributed by atoms with Crippen LogP contribution in [0.3, 0.4) is 0 Å². The van der Waals surface area contributed by atoms with Gasteiger partial charge in [-0.25, -0.2) is 9.97 Å². The number of aromatic nitrogens is 3. The minimum absolute atomic E-state index is 0.252. The van der Waals surface area contributed by atoms with Crippen LogP contribution in [0.2, 0.25) is 0 Å². The van der Waals surface area contributed by atoms with Crippen LogP contribution in [0.5, 0.6) is 0 Å². The van der Waals surface area contributed by atoms with Gasteiger partial charge in [-0.15, -0.1) is 0 Å². The van der Waals surface area contributed by atoms with Crippen LogP contribution in [0.4, 0.5) is 5.95 Å². The summed E-state index contributed by atoms with van der Waals surface area (Å²) in [5, 5.41) is 0. The lowest BCUT2D eigenvalue weighted by molar-refractivity contribution is 1.17. The maximum Gasteiger partial charge on any atom is 0.219 e. The van der Waals surface area contributed by atoms with Crippen molar-refractivity contribution in [3.05, 3.63) is 48.0 Å². The lowest BCUT2D eigenvalue weighted by atomic mass is 10.2. The summed E-state index contributed by atoms with van der Waals surface area (Å²) < 4.78 is 0. The molecule has 0 amide bonds. The molecule has 2 N–H and O–H groups in total. The zero-order chi connectivity index (χ0) is 10.5. The first-order valence-electron chi connectivity index (χ1n) is 4.34. The highest BCUT2D eigenvalue weighted by molar-refractivity contribution is 5.40. The maximum atomic E-state index is 5.35. The first kappa shape index (κ1) is 9.16. The Labute approximate surface area is 87.2 Å². The predicted octanol–water partition coefficient (Wildman–Crippen LogP) is 0.854. The number of rotatable bonds is 0. The minimum Gasteiger partial charge on any atom is -0.368 e. The molecule has 0 bridgehead atoms.